The van der Waals surface area contributed by atoms with E-state index in [1.165, 1.54) is 81.5 Å². The van der Waals surface area contributed by atoms with Crippen LogP contribution in [0.4, 0.5) is 10.2 Å². The minimum atomic E-state index is -4.57. The zero-order chi connectivity index (χ0) is 47.9. The van der Waals surface area contributed by atoms with Gasteiger partial charge in [0.1, 0.15) is 30.7 Å². The number of aromatic nitrogens is 4. The Morgan fingerprint density at radius 2 is 1.51 bits per heavy atom. The quantitative estimate of drug-likeness (QED) is 0.0155. The van der Waals surface area contributed by atoms with Gasteiger partial charge in [-0.25, -0.2) is 9.55 Å². The molecule has 0 spiro atoms. The number of carbonyl (C=O) groups excluding carboxylic acids is 2. The molecule has 3 N–H and O–H groups in total. The van der Waals surface area contributed by atoms with Crippen LogP contribution in [0.2, 0.25) is 0 Å². The third kappa shape index (κ3) is 16.7. The van der Waals surface area contributed by atoms with Crippen LogP contribution in [0.25, 0.3) is 11.2 Å². The van der Waals surface area contributed by atoms with E-state index in [0.717, 1.165) is 37.7 Å². The Labute approximate surface area is 396 Å². The van der Waals surface area contributed by atoms with Gasteiger partial charge < -0.3 is 24.5 Å². The van der Waals surface area contributed by atoms with Gasteiger partial charge in [-0.15, -0.1) is 6.42 Å². The molecule has 67 heavy (non-hydrogen) atoms. The molecule has 0 aliphatic carbocycles. The van der Waals surface area contributed by atoms with Crippen molar-refractivity contribution in [1.29, 1.82) is 0 Å². The summed E-state index contributed by atoms with van der Waals surface area (Å²) in [6.45, 7) is 5.84. The molecule has 5 atom stereocenters. The lowest BCUT2D eigenvalue weighted by Crippen LogP contribution is -2.46. The number of benzene rings is 2. The van der Waals surface area contributed by atoms with Crippen molar-refractivity contribution >= 4 is 36.7 Å². The van der Waals surface area contributed by atoms with Gasteiger partial charge in [0.2, 0.25) is 0 Å². The first-order valence-electron chi connectivity index (χ1n) is 24.5. The zero-order valence-electron chi connectivity index (χ0n) is 39.8. The largest absolute Gasteiger partial charge is 0.464 e. The van der Waals surface area contributed by atoms with Gasteiger partial charge in [-0.1, -0.05) is 178 Å². The molecule has 14 nitrogen and oxygen atoms in total. The fourth-order valence-corrected chi connectivity index (χ4v) is 9.79. The second-order valence-electron chi connectivity index (χ2n) is 17.6. The first-order chi connectivity index (χ1) is 32.5. The van der Waals surface area contributed by atoms with Crippen LogP contribution in [0, 0.1) is 24.3 Å². The number of anilines is 1. The van der Waals surface area contributed by atoms with Crippen LogP contribution in [0.5, 0.6) is 5.75 Å². The maximum Gasteiger partial charge on any atom is 0.459 e. The highest BCUT2D eigenvalue weighted by molar-refractivity contribution is 7.52. The van der Waals surface area contributed by atoms with Crippen molar-refractivity contribution in [3.05, 3.63) is 78.6 Å². The van der Waals surface area contributed by atoms with E-state index in [9.17, 15) is 14.0 Å². The Kier molecular flexibility index (Phi) is 22.0. The molecule has 3 heterocycles. The number of para-hydroxylation sites is 1. The third-order valence-electron chi connectivity index (χ3n) is 12.4. The highest BCUT2D eigenvalue weighted by Gasteiger charge is 2.53. The van der Waals surface area contributed by atoms with Gasteiger partial charge in [0, 0.05) is 12.8 Å². The van der Waals surface area contributed by atoms with Crippen molar-refractivity contribution in [2.45, 2.75) is 173 Å². The molecule has 0 amide bonds. The average molecular weight is 947 g/mol. The SMILES string of the molecule is C#CC1(CO[P@@](=O)(NC(Cc2ccccc2)C(=O)OCC(CC)CC)Oc2ccccc2)OC(n2cnc3c(N)nc(F)nc32)CC1OC(=O)CCCCCCCCCCCCCCCCC. The lowest BCUT2D eigenvalue weighted by Gasteiger charge is -2.31. The standard InChI is InChI=1S/C51H72FN6O8P/c1-5-9-10-11-12-13-14-15-16-17-18-19-20-21-28-33-45(59)64-43-35-44(58-38-54-46-47(53)55-50(52)56-48(46)58)65-51(43,8-4)37-63-67(61,66-41-31-26-23-27-32-41)57-42(34-40-29-24-22-25-30-40)49(60)62-36-39(6-2)7-3/h4,22-27,29-32,38-39,42-44H,5-7,9-21,28,33-37H2,1-3H3,(H,57,61)(H2,53,55,56)/t42?,43?,44?,51?,67-/m0/s1. The summed E-state index contributed by atoms with van der Waals surface area (Å²) in [5.41, 5.74) is 5.03. The minimum absolute atomic E-state index is 0.0296. The molecule has 366 valence electrons. The fourth-order valence-electron chi connectivity index (χ4n) is 8.27. The van der Waals surface area contributed by atoms with Crippen molar-refractivity contribution in [1.82, 2.24) is 24.6 Å². The number of terminal acetylenes is 1. The summed E-state index contributed by atoms with van der Waals surface area (Å²) in [5, 5.41) is 2.87. The van der Waals surface area contributed by atoms with Crippen molar-refractivity contribution in [3.8, 4) is 18.1 Å². The van der Waals surface area contributed by atoms with E-state index in [0.29, 0.717) is 6.42 Å². The Bertz CT molecular complexity index is 2190. The van der Waals surface area contributed by atoms with Gasteiger partial charge in [-0.05, 0) is 36.5 Å². The number of carbonyl (C=O) groups is 2. The topological polar surface area (TPSA) is 179 Å². The third-order valence-corrected chi connectivity index (χ3v) is 14.0. The Morgan fingerprint density at radius 1 is 0.910 bits per heavy atom. The van der Waals surface area contributed by atoms with E-state index >= 15 is 4.57 Å². The predicted octanol–water partition coefficient (Wildman–Crippen LogP) is 11.4. The highest BCUT2D eigenvalue weighted by atomic mass is 31.2. The number of rotatable bonds is 32. The minimum Gasteiger partial charge on any atom is -0.464 e. The zero-order valence-corrected chi connectivity index (χ0v) is 40.6. The van der Waals surface area contributed by atoms with Crippen LogP contribution in [-0.2, 0) is 39.3 Å². The number of nitrogen functional groups attached to an aromatic ring is 1. The molecule has 1 saturated heterocycles. The molecule has 2 aromatic carbocycles. The summed E-state index contributed by atoms with van der Waals surface area (Å²) >= 11 is 0. The number of ether oxygens (including phenoxy) is 3. The molecule has 4 unspecified atom stereocenters. The number of unbranched alkanes of at least 4 members (excludes halogenated alkanes) is 14. The molecule has 0 radical (unpaired) electrons. The molecule has 4 aromatic rings. The second-order valence-corrected chi connectivity index (χ2v) is 19.3. The van der Waals surface area contributed by atoms with Crippen molar-refractivity contribution in [2.24, 2.45) is 5.92 Å². The fraction of sp³-hybridized carbons (Fsp3) is 0.588. The van der Waals surface area contributed by atoms with Crippen molar-refractivity contribution in [3.63, 3.8) is 0 Å². The van der Waals surface area contributed by atoms with E-state index in [1.54, 1.807) is 30.3 Å². The number of fused-ring (bicyclic) bond motifs is 1. The smallest absolute Gasteiger partial charge is 0.459 e. The van der Waals surface area contributed by atoms with Crippen LogP contribution in [0.15, 0.2) is 67.0 Å². The maximum atomic E-state index is 15.1. The van der Waals surface area contributed by atoms with Crippen LogP contribution in [0.1, 0.15) is 155 Å². The van der Waals surface area contributed by atoms with Gasteiger partial charge >= 0.3 is 25.8 Å². The van der Waals surface area contributed by atoms with Gasteiger partial charge in [0.25, 0.3) is 0 Å². The normalized spacial score (nSPS) is 18.4. The van der Waals surface area contributed by atoms with Gasteiger partial charge in [-0.3, -0.25) is 18.7 Å². The monoisotopic (exact) mass is 947 g/mol. The average Bonchev–Trinajstić information content (AvgIpc) is 3.92. The lowest BCUT2D eigenvalue weighted by atomic mass is 9.98. The molecular formula is C51H72FN6O8P. The number of nitrogens with one attached hydrogen (secondary N) is 1. The van der Waals surface area contributed by atoms with Crippen LogP contribution in [-0.4, -0.2) is 62.4 Å². The molecule has 1 aliphatic rings. The molecule has 2 aromatic heterocycles. The number of halogens is 1. The molecule has 1 aliphatic heterocycles. The number of nitrogens with zero attached hydrogens (tertiary/aromatic N) is 4. The van der Waals surface area contributed by atoms with Crippen LogP contribution >= 0.6 is 7.75 Å². The lowest BCUT2D eigenvalue weighted by molar-refractivity contribution is -0.158. The first-order valence-corrected chi connectivity index (χ1v) is 26.0. The summed E-state index contributed by atoms with van der Waals surface area (Å²) in [6.07, 6.45) is 24.1. The number of nitrogens with two attached hydrogens (primary N) is 1. The van der Waals surface area contributed by atoms with Crippen LogP contribution < -0.4 is 15.3 Å². The van der Waals surface area contributed by atoms with E-state index in [2.05, 4.69) is 32.9 Å². The Hall–Kier alpha value is -4.87. The summed E-state index contributed by atoms with van der Waals surface area (Å²) in [5.74, 6) is 1.63. The maximum absolute atomic E-state index is 15.1. The van der Waals surface area contributed by atoms with E-state index in [-0.39, 0.29) is 54.5 Å². The van der Waals surface area contributed by atoms with Crippen molar-refractivity contribution in [2.75, 3.05) is 18.9 Å². The number of imidazole rings is 1. The molecular weight excluding hydrogens is 875 g/mol. The van der Waals surface area contributed by atoms with Crippen LogP contribution in [0.3, 0.4) is 0 Å². The Morgan fingerprint density at radius 3 is 2.10 bits per heavy atom. The van der Waals surface area contributed by atoms with Crippen molar-refractivity contribution < 1.29 is 41.8 Å². The molecule has 1 fully saturated rings. The second kappa shape index (κ2) is 27.8. The van der Waals surface area contributed by atoms with Gasteiger partial charge in [0.15, 0.2) is 22.6 Å². The molecule has 16 heteroatoms. The van der Waals surface area contributed by atoms with E-state index < -0.39 is 56.3 Å². The number of hydrogen-bond acceptors (Lipinski definition) is 12. The Balaban J connectivity index is 1.29. The predicted molar refractivity (Wildman–Crippen MR) is 258 cm³/mol. The van der Waals surface area contributed by atoms with E-state index in [1.807, 2.05) is 44.2 Å². The van der Waals surface area contributed by atoms with E-state index in [4.69, 9.17) is 35.4 Å². The first kappa shape index (κ1) is 53.1. The molecule has 0 saturated carbocycles. The summed E-state index contributed by atoms with van der Waals surface area (Å²) in [4.78, 5) is 39.2. The summed E-state index contributed by atoms with van der Waals surface area (Å²) < 4.78 is 61.8. The van der Waals surface area contributed by atoms with Gasteiger partial charge in [-0.2, -0.15) is 19.4 Å². The number of hydrogen-bond donors (Lipinski definition) is 2. The van der Waals surface area contributed by atoms with Gasteiger partial charge in [0.05, 0.1) is 12.9 Å². The summed E-state index contributed by atoms with van der Waals surface area (Å²) in [6, 6.07) is 16.4. The molecule has 5 rings (SSSR count). The highest BCUT2D eigenvalue weighted by Crippen LogP contribution is 2.49. The summed E-state index contributed by atoms with van der Waals surface area (Å²) in [7, 11) is -4.57. The molecule has 0 bridgehead atoms. The number of esters is 2.